The van der Waals surface area contributed by atoms with E-state index >= 15 is 0 Å². The molecule has 0 bridgehead atoms. The number of imidazole rings is 1. The molecular weight excluding hydrogens is 290 g/mol. The highest BCUT2D eigenvalue weighted by atomic mass is 16.5. The monoisotopic (exact) mass is 311 g/mol. The summed E-state index contributed by atoms with van der Waals surface area (Å²) < 4.78 is 7.81. The van der Waals surface area contributed by atoms with Gasteiger partial charge in [-0.05, 0) is 30.4 Å². The van der Waals surface area contributed by atoms with E-state index in [9.17, 15) is 4.79 Å². The molecule has 2 aromatic rings. The molecule has 4 rings (SSSR count). The highest BCUT2D eigenvalue weighted by molar-refractivity contribution is 5.77. The SMILES string of the molecule is O=C(C[C@@H]1CCOc2ccccc21)N[C@H]1CCc2nccn2C1. The first-order valence-electron chi connectivity index (χ1n) is 8.30. The van der Waals surface area contributed by atoms with Crippen molar-refractivity contribution in [1.29, 1.82) is 0 Å². The topological polar surface area (TPSA) is 56.1 Å². The van der Waals surface area contributed by atoms with Crippen molar-refractivity contribution in [3.05, 3.63) is 48.0 Å². The van der Waals surface area contributed by atoms with Gasteiger partial charge in [-0.15, -0.1) is 0 Å². The van der Waals surface area contributed by atoms with Gasteiger partial charge in [0.05, 0.1) is 6.61 Å². The van der Waals surface area contributed by atoms with Crippen LogP contribution in [0.4, 0.5) is 0 Å². The van der Waals surface area contributed by atoms with Gasteiger partial charge in [-0.3, -0.25) is 4.79 Å². The lowest BCUT2D eigenvalue weighted by Gasteiger charge is -2.28. The third kappa shape index (κ3) is 2.96. The van der Waals surface area contributed by atoms with Gasteiger partial charge in [0, 0.05) is 37.8 Å². The van der Waals surface area contributed by atoms with Gasteiger partial charge in [0.15, 0.2) is 0 Å². The molecule has 0 spiro atoms. The lowest BCUT2D eigenvalue weighted by molar-refractivity contribution is -0.122. The number of aryl methyl sites for hydroxylation is 1. The second-order valence-corrected chi connectivity index (χ2v) is 6.37. The molecule has 120 valence electrons. The number of hydrogen-bond acceptors (Lipinski definition) is 3. The fourth-order valence-corrected chi connectivity index (χ4v) is 3.62. The second kappa shape index (κ2) is 6.07. The Hall–Kier alpha value is -2.30. The van der Waals surface area contributed by atoms with Gasteiger partial charge < -0.3 is 14.6 Å². The standard InChI is InChI=1S/C18H21N3O2/c22-18(20-14-5-6-17-19-8-9-21(17)12-14)11-13-7-10-23-16-4-2-1-3-15(13)16/h1-4,8-9,13-14H,5-7,10-12H2,(H,20,22)/t13-,14-/m0/s1. The number of hydrogen-bond donors (Lipinski definition) is 1. The third-order valence-electron chi connectivity index (χ3n) is 4.81. The molecule has 0 aliphatic carbocycles. The fraction of sp³-hybridized carbons (Fsp3) is 0.444. The average Bonchev–Trinajstić information content (AvgIpc) is 3.03. The van der Waals surface area contributed by atoms with E-state index in [4.69, 9.17) is 4.74 Å². The van der Waals surface area contributed by atoms with E-state index in [1.54, 1.807) is 0 Å². The Labute approximate surface area is 135 Å². The number of rotatable bonds is 3. The van der Waals surface area contributed by atoms with Crippen molar-refractivity contribution in [1.82, 2.24) is 14.9 Å². The maximum Gasteiger partial charge on any atom is 0.220 e. The van der Waals surface area contributed by atoms with Crippen LogP contribution in [0.3, 0.4) is 0 Å². The van der Waals surface area contributed by atoms with Gasteiger partial charge >= 0.3 is 0 Å². The smallest absolute Gasteiger partial charge is 0.220 e. The summed E-state index contributed by atoms with van der Waals surface area (Å²) in [5.74, 6) is 2.44. The first kappa shape index (κ1) is 14.3. The second-order valence-electron chi connectivity index (χ2n) is 6.37. The molecule has 2 atom stereocenters. The van der Waals surface area contributed by atoms with Crippen molar-refractivity contribution in [2.75, 3.05) is 6.61 Å². The maximum absolute atomic E-state index is 12.5. The number of nitrogens with one attached hydrogen (secondary N) is 1. The highest BCUT2D eigenvalue weighted by Gasteiger charge is 2.25. The summed E-state index contributed by atoms with van der Waals surface area (Å²) in [5, 5.41) is 3.20. The van der Waals surface area contributed by atoms with Gasteiger partial charge in [-0.1, -0.05) is 18.2 Å². The Bertz CT molecular complexity index is 710. The van der Waals surface area contributed by atoms with Crippen molar-refractivity contribution in [3.8, 4) is 5.75 Å². The van der Waals surface area contributed by atoms with Crippen LogP contribution < -0.4 is 10.1 Å². The minimum absolute atomic E-state index is 0.139. The molecular formula is C18H21N3O2. The average molecular weight is 311 g/mol. The normalized spacial score (nSPS) is 22.6. The largest absolute Gasteiger partial charge is 0.493 e. The molecule has 1 aromatic carbocycles. The number of amides is 1. The maximum atomic E-state index is 12.5. The summed E-state index contributed by atoms with van der Waals surface area (Å²) in [5.41, 5.74) is 1.16. The van der Waals surface area contributed by atoms with Crippen molar-refractivity contribution in [2.24, 2.45) is 0 Å². The molecule has 0 unspecified atom stereocenters. The molecule has 23 heavy (non-hydrogen) atoms. The molecule has 2 aliphatic heterocycles. The lowest BCUT2D eigenvalue weighted by atomic mass is 9.90. The van der Waals surface area contributed by atoms with E-state index in [-0.39, 0.29) is 17.9 Å². The van der Waals surface area contributed by atoms with Crippen LogP contribution in [0, 0.1) is 0 Å². The van der Waals surface area contributed by atoms with E-state index in [0.717, 1.165) is 42.9 Å². The van der Waals surface area contributed by atoms with Crippen molar-refractivity contribution in [3.63, 3.8) is 0 Å². The number of nitrogens with zero attached hydrogens (tertiary/aromatic N) is 2. The number of para-hydroxylation sites is 1. The van der Waals surface area contributed by atoms with Crippen LogP contribution in [-0.2, 0) is 17.8 Å². The Morgan fingerprint density at radius 2 is 2.26 bits per heavy atom. The molecule has 2 aliphatic rings. The molecule has 3 heterocycles. The molecule has 1 N–H and O–H groups in total. The van der Waals surface area contributed by atoms with Gasteiger partial charge in [-0.25, -0.2) is 4.98 Å². The zero-order valence-electron chi connectivity index (χ0n) is 13.1. The van der Waals surface area contributed by atoms with Gasteiger partial charge in [0.25, 0.3) is 0 Å². The van der Waals surface area contributed by atoms with Crippen LogP contribution in [0.5, 0.6) is 5.75 Å². The van der Waals surface area contributed by atoms with E-state index in [1.165, 1.54) is 0 Å². The summed E-state index contributed by atoms with van der Waals surface area (Å²) in [7, 11) is 0. The first-order valence-corrected chi connectivity index (χ1v) is 8.30. The van der Waals surface area contributed by atoms with Crippen LogP contribution in [-0.4, -0.2) is 28.1 Å². The molecule has 0 fully saturated rings. The number of fused-ring (bicyclic) bond motifs is 2. The molecule has 5 heteroatoms. The summed E-state index contributed by atoms with van der Waals surface area (Å²) in [4.78, 5) is 16.8. The van der Waals surface area contributed by atoms with E-state index < -0.39 is 0 Å². The lowest BCUT2D eigenvalue weighted by Crippen LogP contribution is -2.41. The molecule has 0 saturated carbocycles. The number of ether oxygens (including phenoxy) is 1. The fourth-order valence-electron chi connectivity index (χ4n) is 3.62. The molecule has 0 saturated heterocycles. The highest BCUT2D eigenvalue weighted by Crippen LogP contribution is 2.35. The van der Waals surface area contributed by atoms with Crippen LogP contribution in [0.1, 0.15) is 36.6 Å². The van der Waals surface area contributed by atoms with Gasteiger partial charge in [-0.2, -0.15) is 0 Å². The summed E-state index contributed by atoms with van der Waals surface area (Å²) in [6, 6.07) is 8.26. The number of benzene rings is 1. The number of carbonyl (C=O) groups excluding carboxylic acids is 1. The predicted octanol–water partition coefficient (Wildman–Crippen LogP) is 2.27. The third-order valence-corrected chi connectivity index (χ3v) is 4.81. The van der Waals surface area contributed by atoms with E-state index in [0.29, 0.717) is 13.0 Å². The number of aromatic nitrogens is 2. The molecule has 5 nitrogen and oxygen atoms in total. The minimum atomic E-state index is 0.139. The van der Waals surface area contributed by atoms with Gasteiger partial charge in [0.1, 0.15) is 11.6 Å². The first-order chi connectivity index (χ1) is 11.3. The van der Waals surface area contributed by atoms with Crippen molar-refractivity contribution < 1.29 is 9.53 Å². The molecule has 1 aromatic heterocycles. The van der Waals surface area contributed by atoms with Crippen LogP contribution >= 0.6 is 0 Å². The summed E-state index contributed by atoms with van der Waals surface area (Å²) >= 11 is 0. The quantitative estimate of drug-likeness (QED) is 0.946. The minimum Gasteiger partial charge on any atom is -0.493 e. The van der Waals surface area contributed by atoms with E-state index in [1.807, 2.05) is 30.6 Å². The molecule has 1 amide bonds. The van der Waals surface area contributed by atoms with Crippen molar-refractivity contribution >= 4 is 5.91 Å². The Balaban J connectivity index is 1.38. The van der Waals surface area contributed by atoms with Crippen LogP contribution in [0.2, 0.25) is 0 Å². The zero-order valence-corrected chi connectivity index (χ0v) is 13.1. The zero-order chi connectivity index (χ0) is 15.6. The molecule has 0 radical (unpaired) electrons. The van der Waals surface area contributed by atoms with E-state index in [2.05, 4.69) is 20.9 Å². The Morgan fingerprint density at radius 1 is 1.35 bits per heavy atom. The van der Waals surface area contributed by atoms with Gasteiger partial charge in [0.2, 0.25) is 5.91 Å². The predicted molar refractivity (Wildman–Crippen MR) is 86.4 cm³/mol. The van der Waals surface area contributed by atoms with Crippen LogP contribution in [0.25, 0.3) is 0 Å². The van der Waals surface area contributed by atoms with Crippen LogP contribution in [0.15, 0.2) is 36.7 Å². The summed E-state index contributed by atoms with van der Waals surface area (Å²) in [6.07, 6.45) is 7.15. The number of carbonyl (C=O) groups is 1. The van der Waals surface area contributed by atoms with Crippen molar-refractivity contribution in [2.45, 2.75) is 44.2 Å². The Morgan fingerprint density at radius 3 is 3.22 bits per heavy atom. The Kier molecular flexibility index (Phi) is 3.77. The summed E-state index contributed by atoms with van der Waals surface area (Å²) in [6.45, 7) is 1.52.